The Morgan fingerprint density at radius 2 is 2.04 bits per heavy atom. The zero-order valence-corrected chi connectivity index (χ0v) is 16.1. The first-order valence-corrected chi connectivity index (χ1v) is 11.1. The zero-order valence-electron chi connectivity index (χ0n) is 14.4. The van der Waals surface area contributed by atoms with Crippen molar-refractivity contribution in [2.75, 3.05) is 18.1 Å². The standard InChI is InChI=1S/C18H22N2O3S2/c1-3-9-20(15-8-10-25(22,23)12-15)18(21)16-11-24-17(19-16)14-6-4-13(2)5-7-14/h4-7,11,15H,3,8-10,12H2,1-2H3/t15-/m0/s1. The molecule has 0 bridgehead atoms. The van der Waals surface area contributed by atoms with Crippen LogP contribution in [0, 0.1) is 6.92 Å². The summed E-state index contributed by atoms with van der Waals surface area (Å²) in [7, 11) is -3.03. The van der Waals surface area contributed by atoms with E-state index in [0.29, 0.717) is 18.7 Å². The molecule has 0 saturated carbocycles. The number of sulfone groups is 1. The maximum absolute atomic E-state index is 12.9. The number of benzene rings is 1. The van der Waals surface area contributed by atoms with E-state index in [1.807, 2.05) is 38.1 Å². The van der Waals surface area contributed by atoms with Crippen molar-refractivity contribution in [3.05, 3.63) is 40.9 Å². The maximum Gasteiger partial charge on any atom is 0.273 e. The lowest BCUT2D eigenvalue weighted by Crippen LogP contribution is -2.41. The molecule has 0 radical (unpaired) electrons. The van der Waals surface area contributed by atoms with Crippen molar-refractivity contribution in [3.63, 3.8) is 0 Å². The average Bonchev–Trinajstić information content (AvgIpc) is 3.19. The van der Waals surface area contributed by atoms with Crippen molar-refractivity contribution in [2.24, 2.45) is 0 Å². The van der Waals surface area contributed by atoms with E-state index in [2.05, 4.69) is 4.98 Å². The van der Waals surface area contributed by atoms with Crippen molar-refractivity contribution in [2.45, 2.75) is 32.7 Å². The normalized spacial score (nSPS) is 19.0. The number of aromatic nitrogens is 1. The van der Waals surface area contributed by atoms with Crippen LogP contribution >= 0.6 is 11.3 Å². The van der Waals surface area contributed by atoms with Crippen LogP contribution in [0.2, 0.25) is 0 Å². The fourth-order valence-electron chi connectivity index (χ4n) is 3.06. The summed E-state index contributed by atoms with van der Waals surface area (Å²) in [5.41, 5.74) is 2.56. The van der Waals surface area contributed by atoms with E-state index < -0.39 is 9.84 Å². The molecular weight excluding hydrogens is 356 g/mol. The van der Waals surface area contributed by atoms with Gasteiger partial charge in [-0.3, -0.25) is 4.79 Å². The van der Waals surface area contributed by atoms with Crippen molar-refractivity contribution in [1.29, 1.82) is 0 Å². The summed E-state index contributed by atoms with van der Waals surface area (Å²) >= 11 is 1.44. The highest BCUT2D eigenvalue weighted by molar-refractivity contribution is 7.91. The van der Waals surface area contributed by atoms with Crippen LogP contribution in [0.15, 0.2) is 29.6 Å². The number of aryl methyl sites for hydroxylation is 1. The number of carbonyl (C=O) groups is 1. The Morgan fingerprint density at radius 3 is 2.64 bits per heavy atom. The third kappa shape index (κ3) is 4.10. The Bertz CT molecular complexity index is 857. The molecule has 1 aromatic carbocycles. The van der Waals surface area contributed by atoms with Crippen molar-refractivity contribution < 1.29 is 13.2 Å². The maximum atomic E-state index is 12.9. The van der Waals surface area contributed by atoms with Crippen LogP contribution in [0.25, 0.3) is 10.6 Å². The molecule has 1 aromatic heterocycles. The van der Waals surface area contributed by atoms with E-state index in [9.17, 15) is 13.2 Å². The first kappa shape index (κ1) is 18.1. The van der Waals surface area contributed by atoms with Gasteiger partial charge in [0.15, 0.2) is 9.84 Å². The first-order chi connectivity index (χ1) is 11.9. The monoisotopic (exact) mass is 378 g/mol. The number of thiazole rings is 1. The fraction of sp³-hybridized carbons (Fsp3) is 0.444. The topological polar surface area (TPSA) is 67.3 Å². The molecule has 7 heteroatoms. The van der Waals surface area contributed by atoms with E-state index in [4.69, 9.17) is 0 Å². The highest BCUT2D eigenvalue weighted by atomic mass is 32.2. The molecule has 1 aliphatic rings. The van der Waals surface area contributed by atoms with E-state index in [1.54, 1.807) is 10.3 Å². The van der Waals surface area contributed by atoms with Gasteiger partial charge in [-0.15, -0.1) is 11.3 Å². The second-order valence-electron chi connectivity index (χ2n) is 6.46. The molecule has 0 N–H and O–H groups in total. The SMILES string of the molecule is CCCN(C(=O)c1csc(-c2ccc(C)cc2)n1)[C@H]1CCS(=O)(=O)C1. The smallest absolute Gasteiger partial charge is 0.273 e. The van der Waals surface area contributed by atoms with Crippen LogP contribution < -0.4 is 0 Å². The molecule has 0 aliphatic carbocycles. The summed E-state index contributed by atoms with van der Waals surface area (Å²) < 4.78 is 23.5. The number of amides is 1. The molecule has 0 unspecified atom stereocenters. The molecule has 1 aliphatic heterocycles. The lowest BCUT2D eigenvalue weighted by atomic mass is 10.1. The molecule has 134 valence electrons. The molecule has 25 heavy (non-hydrogen) atoms. The van der Waals surface area contributed by atoms with Crippen LogP contribution in [-0.4, -0.2) is 48.3 Å². The van der Waals surface area contributed by atoms with Gasteiger partial charge < -0.3 is 4.90 Å². The lowest BCUT2D eigenvalue weighted by Gasteiger charge is -2.27. The number of hydrogen-bond acceptors (Lipinski definition) is 5. The van der Waals surface area contributed by atoms with Gasteiger partial charge in [-0.1, -0.05) is 36.8 Å². The van der Waals surface area contributed by atoms with Crippen LogP contribution in [0.1, 0.15) is 35.8 Å². The molecule has 1 atom stereocenters. The van der Waals surface area contributed by atoms with Gasteiger partial charge in [0.1, 0.15) is 10.7 Å². The van der Waals surface area contributed by atoms with Gasteiger partial charge in [-0.05, 0) is 19.8 Å². The summed E-state index contributed by atoms with van der Waals surface area (Å²) in [5.74, 6) is 0.0587. The molecule has 2 heterocycles. The molecule has 0 spiro atoms. The predicted molar refractivity (Wildman–Crippen MR) is 101 cm³/mol. The minimum Gasteiger partial charge on any atom is -0.333 e. The lowest BCUT2D eigenvalue weighted by molar-refractivity contribution is 0.0692. The first-order valence-electron chi connectivity index (χ1n) is 8.43. The van der Waals surface area contributed by atoms with Gasteiger partial charge in [0.25, 0.3) is 5.91 Å². The zero-order chi connectivity index (χ0) is 18.0. The molecule has 2 aromatic rings. The number of nitrogens with zero attached hydrogens (tertiary/aromatic N) is 2. The fourth-order valence-corrected chi connectivity index (χ4v) is 5.59. The Balaban J connectivity index is 1.82. The van der Waals surface area contributed by atoms with Crippen molar-refractivity contribution in [3.8, 4) is 10.6 Å². The third-order valence-corrected chi connectivity index (χ3v) is 7.04. The molecule has 1 saturated heterocycles. The summed E-state index contributed by atoms with van der Waals surface area (Å²) in [6, 6.07) is 7.80. The van der Waals surface area contributed by atoms with Crippen LogP contribution in [0.3, 0.4) is 0 Å². The molecule has 1 fully saturated rings. The number of carbonyl (C=O) groups excluding carboxylic acids is 1. The van der Waals surface area contributed by atoms with Gasteiger partial charge in [0.05, 0.1) is 11.5 Å². The van der Waals surface area contributed by atoms with E-state index in [0.717, 1.165) is 17.0 Å². The second kappa shape index (κ2) is 7.25. The molecule has 1 amide bonds. The average molecular weight is 379 g/mol. The third-order valence-electron chi connectivity index (χ3n) is 4.40. The van der Waals surface area contributed by atoms with Crippen molar-refractivity contribution >= 4 is 27.1 Å². The van der Waals surface area contributed by atoms with E-state index in [1.165, 1.54) is 16.9 Å². The Labute approximate surface area is 152 Å². The molecule has 3 rings (SSSR count). The molecular formula is C18H22N2O3S2. The highest BCUT2D eigenvalue weighted by Gasteiger charge is 2.35. The van der Waals surface area contributed by atoms with Gasteiger partial charge in [-0.2, -0.15) is 0 Å². The van der Waals surface area contributed by atoms with Crippen LogP contribution in [0.5, 0.6) is 0 Å². The van der Waals surface area contributed by atoms with E-state index in [-0.39, 0.29) is 23.5 Å². The van der Waals surface area contributed by atoms with Crippen LogP contribution in [-0.2, 0) is 9.84 Å². The number of hydrogen-bond donors (Lipinski definition) is 0. The van der Waals surface area contributed by atoms with Crippen LogP contribution in [0.4, 0.5) is 0 Å². The number of rotatable bonds is 5. The highest BCUT2D eigenvalue weighted by Crippen LogP contribution is 2.26. The second-order valence-corrected chi connectivity index (χ2v) is 9.55. The quantitative estimate of drug-likeness (QED) is 0.801. The minimum atomic E-state index is -3.03. The minimum absolute atomic E-state index is 0.0632. The summed E-state index contributed by atoms with van der Waals surface area (Å²) in [4.78, 5) is 19.1. The van der Waals surface area contributed by atoms with Gasteiger partial charge in [-0.25, -0.2) is 13.4 Å². The van der Waals surface area contributed by atoms with Gasteiger partial charge in [0, 0.05) is 23.5 Å². The summed E-state index contributed by atoms with van der Waals surface area (Å²) in [6.07, 6.45) is 1.31. The molecule has 5 nitrogen and oxygen atoms in total. The summed E-state index contributed by atoms with van der Waals surface area (Å²) in [6.45, 7) is 4.57. The Kier molecular flexibility index (Phi) is 5.24. The van der Waals surface area contributed by atoms with Gasteiger partial charge >= 0.3 is 0 Å². The van der Waals surface area contributed by atoms with E-state index >= 15 is 0 Å². The summed E-state index contributed by atoms with van der Waals surface area (Å²) in [5, 5.41) is 2.57. The predicted octanol–water partition coefficient (Wildman–Crippen LogP) is 3.16. The van der Waals surface area contributed by atoms with Gasteiger partial charge in [0.2, 0.25) is 0 Å². The largest absolute Gasteiger partial charge is 0.333 e. The Morgan fingerprint density at radius 1 is 1.32 bits per heavy atom. The Hall–Kier alpha value is -1.73. The van der Waals surface area contributed by atoms with Crippen molar-refractivity contribution in [1.82, 2.24) is 9.88 Å².